The van der Waals surface area contributed by atoms with Crippen molar-refractivity contribution in [3.63, 3.8) is 0 Å². The first-order chi connectivity index (χ1) is 15.2. The van der Waals surface area contributed by atoms with Gasteiger partial charge in [-0.3, -0.25) is 4.79 Å². The first kappa shape index (κ1) is 25.2. The summed E-state index contributed by atoms with van der Waals surface area (Å²) in [7, 11) is 0. The molecule has 0 heterocycles. The first-order valence-corrected chi connectivity index (χ1v) is 10.4. The van der Waals surface area contributed by atoms with Gasteiger partial charge in [-0.05, 0) is 42.3 Å². The summed E-state index contributed by atoms with van der Waals surface area (Å²) in [5.41, 5.74) is 3.04. The third-order valence-corrected chi connectivity index (χ3v) is 4.75. The second kappa shape index (κ2) is 13.4. The number of carbonyl (C=O) groups is 1. The molecule has 3 aromatic rings. The predicted molar refractivity (Wildman–Crippen MR) is 141 cm³/mol. The van der Waals surface area contributed by atoms with Crippen LogP contribution in [-0.4, -0.2) is 36.6 Å². The molecule has 7 heteroatoms. The van der Waals surface area contributed by atoms with Crippen LogP contribution < -0.4 is 16.0 Å². The molecule has 4 N–H and O–H groups in total. The SMILES string of the molecule is CCNC(=NCC(=O)Nc1ccc(O)cc1)NCC(c1ccccc1)c1ccccc1.I. The van der Waals surface area contributed by atoms with Gasteiger partial charge in [0.05, 0.1) is 0 Å². The molecule has 0 aliphatic heterocycles. The van der Waals surface area contributed by atoms with Crippen LogP contribution in [-0.2, 0) is 4.79 Å². The lowest BCUT2D eigenvalue weighted by Crippen LogP contribution is -2.40. The van der Waals surface area contributed by atoms with E-state index in [1.807, 2.05) is 43.3 Å². The second-order valence-corrected chi connectivity index (χ2v) is 7.05. The Bertz CT molecular complexity index is 940. The Morgan fingerprint density at radius 2 is 1.44 bits per heavy atom. The molecular weight excluding hydrogens is 515 g/mol. The normalized spacial score (nSPS) is 10.9. The van der Waals surface area contributed by atoms with Gasteiger partial charge in [0.2, 0.25) is 5.91 Å². The number of hydrogen-bond acceptors (Lipinski definition) is 3. The van der Waals surface area contributed by atoms with Gasteiger partial charge in [-0.25, -0.2) is 4.99 Å². The van der Waals surface area contributed by atoms with Crippen LogP contribution in [0.2, 0.25) is 0 Å². The van der Waals surface area contributed by atoms with Crippen molar-refractivity contribution >= 4 is 41.5 Å². The highest BCUT2D eigenvalue weighted by Gasteiger charge is 2.14. The highest BCUT2D eigenvalue weighted by molar-refractivity contribution is 14.0. The molecule has 3 rings (SSSR count). The van der Waals surface area contributed by atoms with Crippen LogP contribution in [0, 0.1) is 0 Å². The number of hydrogen-bond donors (Lipinski definition) is 4. The van der Waals surface area contributed by atoms with Crippen molar-refractivity contribution in [2.24, 2.45) is 4.99 Å². The number of amides is 1. The van der Waals surface area contributed by atoms with Crippen LogP contribution in [0.1, 0.15) is 24.0 Å². The molecule has 0 aliphatic carbocycles. The summed E-state index contributed by atoms with van der Waals surface area (Å²) in [5.74, 6) is 0.656. The lowest BCUT2D eigenvalue weighted by molar-refractivity contribution is -0.114. The zero-order valence-electron chi connectivity index (χ0n) is 18.0. The van der Waals surface area contributed by atoms with Gasteiger partial charge in [0, 0.05) is 24.7 Å². The quantitative estimate of drug-likeness (QED) is 0.147. The summed E-state index contributed by atoms with van der Waals surface area (Å²) in [6, 6.07) is 27.0. The molecule has 0 aliphatic rings. The van der Waals surface area contributed by atoms with E-state index in [0.717, 1.165) is 0 Å². The number of phenols is 1. The van der Waals surface area contributed by atoms with E-state index in [0.29, 0.717) is 24.7 Å². The van der Waals surface area contributed by atoms with Gasteiger partial charge >= 0.3 is 0 Å². The summed E-state index contributed by atoms with van der Waals surface area (Å²) in [6.45, 7) is 3.29. The van der Waals surface area contributed by atoms with Gasteiger partial charge in [0.25, 0.3) is 0 Å². The van der Waals surface area contributed by atoms with Crippen LogP contribution >= 0.6 is 24.0 Å². The minimum atomic E-state index is -0.231. The molecule has 32 heavy (non-hydrogen) atoms. The number of aliphatic imine (C=N–C) groups is 1. The number of halogens is 1. The van der Waals surface area contributed by atoms with Gasteiger partial charge < -0.3 is 21.1 Å². The zero-order valence-corrected chi connectivity index (χ0v) is 20.3. The number of rotatable bonds is 8. The molecule has 3 aromatic carbocycles. The Balaban J connectivity index is 0.00000363. The first-order valence-electron chi connectivity index (χ1n) is 10.4. The Morgan fingerprint density at radius 3 is 1.97 bits per heavy atom. The predicted octanol–water partition coefficient (Wildman–Crippen LogP) is 4.34. The maximum Gasteiger partial charge on any atom is 0.246 e. The Hall–Kier alpha value is -3.07. The molecule has 1 amide bonds. The summed E-state index contributed by atoms with van der Waals surface area (Å²) in [4.78, 5) is 16.7. The van der Waals surface area contributed by atoms with Crippen LogP contribution in [0.3, 0.4) is 0 Å². The minimum Gasteiger partial charge on any atom is -0.508 e. The van der Waals surface area contributed by atoms with E-state index < -0.39 is 0 Å². The summed E-state index contributed by atoms with van der Waals surface area (Å²) >= 11 is 0. The van der Waals surface area contributed by atoms with E-state index in [1.54, 1.807) is 12.1 Å². The Kier molecular flexibility index (Phi) is 10.5. The average molecular weight is 544 g/mol. The van der Waals surface area contributed by atoms with Gasteiger partial charge in [-0.1, -0.05) is 60.7 Å². The summed E-state index contributed by atoms with van der Waals surface area (Å²) in [6.07, 6.45) is 0. The summed E-state index contributed by atoms with van der Waals surface area (Å²) < 4.78 is 0. The van der Waals surface area contributed by atoms with Crippen LogP contribution in [0.4, 0.5) is 5.69 Å². The molecular formula is C25H29IN4O2. The monoisotopic (exact) mass is 544 g/mol. The van der Waals surface area contributed by atoms with Crippen molar-refractivity contribution in [3.05, 3.63) is 96.1 Å². The fraction of sp³-hybridized carbons (Fsp3) is 0.200. The molecule has 0 bridgehead atoms. The van der Waals surface area contributed by atoms with Crippen molar-refractivity contribution in [3.8, 4) is 5.75 Å². The van der Waals surface area contributed by atoms with E-state index in [4.69, 9.17) is 0 Å². The number of nitrogens with zero attached hydrogens (tertiary/aromatic N) is 1. The van der Waals surface area contributed by atoms with Crippen LogP contribution in [0.15, 0.2) is 89.9 Å². The number of nitrogens with one attached hydrogen (secondary N) is 3. The van der Waals surface area contributed by atoms with E-state index in [2.05, 4.69) is 45.2 Å². The second-order valence-electron chi connectivity index (χ2n) is 7.05. The molecule has 0 saturated heterocycles. The zero-order chi connectivity index (χ0) is 21.9. The molecule has 0 aromatic heterocycles. The van der Waals surface area contributed by atoms with E-state index in [-0.39, 0.29) is 48.1 Å². The maximum absolute atomic E-state index is 12.3. The third-order valence-electron chi connectivity index (χ3n) is 4.75. The minimum absolute atomic E-state index is 0. The molecule has 0 atom stereocenters. The number of phenolic OH excluding ortho intramolecular Hbond substituents is 1. The topological polar surface area (TPSA) is 85.8 Å². The molecule has 0 saturated carbocycles. The van der Waals surface area contributed by atoms with Crippen molar-refractivity contribution in [2.75, 3.05) is 25.0 Å². The molecule has 168 valence electrons. The fourth-order valence-electron chi connectivity index (χ4n) is 3.24. The van der Waals surface area contributed by atoms with Gasteiger partial charge in [0.1, 0.15) is 12.3 Å². The lowest BCUT2D eigenvalue weighted by Gasteiger charge is -2.20. The lowest BCUT2D eigenvalue weighted by atomic mass is 9.91. The van der Waals surface area contributed by atoms with E-state index >= 15 is 0 Å². The number of guanidine groups is 1. The van der Waals surface area contributed by atoms with Crippen LogP contribution in [0.25, 0.3) is 0 Å². The van der Waals surface area contributed by atoms with Crippen LogP contribution in [0.5, 0.6) is 5.75 Å². The van der Waals surface area contributed by atoms with Crippen molar-refractivity contribution in [1.29, 1.82) is 0 Å². The fourth-order valence-corrected chi connectivity index (χ4v) is 3.24. The van der Waals surface area contributed by atoms with Crippen molar-refractivity contribution < 1.29 is 9.90 Å². The number of benzene rings is 3. The largest absolute Gasteiger partial charge is 0.508 e. The average Bonchev–Trinajstić information content (AvgIpc) is 2.80. The molecule has 0 unspecified atom stereocenters. The number of anilines is 1. The van der Waals surface area contributed by atoms with E-state index in [1.165, 1.54) is 23.3 Å². The molecule has 0 fully saturated rings. The van der Waals surface area contributed by atoms with Gasteiger partial charge in [-0.2, -0.15) is 0 Å². The van der Waals surface area contributed by atoms with Crippen molar-refractivity contribution in [2.45, 2.75) is 12.8 Å². The summed E-state index contributed by atoms with van der Waals surface area (Å²) in [5, 5.41) is 18.7. The van der Waals surface area contributed by atoms with Gasteiger partial charge in [0.15, 0.2) is 5.96 Å². The van der Waals surface area contributed by atoms with Crippen molar-refractivity contribution in [1.82, 2.24) is 10.6 Å². The molecule has 0 spiro atoms. The number of carbonyl (C=O) groups excluding carboxylic acids is 1. The maximum atomic E-state index is 12.3. The number of aromatic hydroxyl groups is 1. The molecule has 6 nitrogen and oxygen atoms in total. The van der Waals surface area contributed by atoms with E-state index in [9.17, 15) is 9.90 Å². The third kappa shape index (κ3) is 7.88. The molecule has 0 radical (unpaired) electrons. The highest BCUT2D eigenvalue weighted by atomic mass is 127. The standard InChI is InChI=1S/C25H28N4O2.HI/c1-2-26-25(28-18-24(31)29-21-13-15-22(30)16-14-21)27-17-23(19-9-5-3-6-10-19)20-11-7-4-8-12-20;/h3-16,23,30H,2,17-18H2,1H3,(H,29,31)(H2,26,27,28);1H. The Labute approximate surface area is 206 Å². The highest BCUT2D eigenvalue weighted by Crippen LogP contribution is 2.23. The Morgan fingerprint density at radius 1 is 0.875 bits per heavy atom. The smallest absolute Gasteiger partial charge is 0.246 e. The van der Waals surface area contributed by atoms with Gasteiger partial charge in [-0.15, -0.1) is 24.0 Å².